The number of nitrogens with one attached hydrogen (secondary N) is 1. The molecule has 0 saturated carbocycles. The molecule has 5 nitrogen and oxygen atoms in total. The van der Waals surface area contributed by atoms with Crippen molar-refractivity contribution in [3.63, 3.8) is 0 Å². The Labute approximate surface area is 174 Å². The quantitative estimate of drug-likeness (QED) is 0.513. The molecule has 0 atom stereocenters. The maximum Gasteiger partial charge on any atom is 0.416 e. The maximum absolute atomic E-state index is 12.6. The molecule has 2 aromatic heterocycles. The van der Waals surface area contributed by atoms with E-state index in [1.54, 1.807) is 30.7 Å². The molecule has 0 radical (unpaired) electrons. The van der Waals surface area contributed by atoms with Gasteiger partial charge in [0.25, 0.3) is 0 Å². The molecule has 0 aliphatic rings. The highest BCUT2D eigenvalue weighted by Crippen LogP contribution is 2.29. The summed E-state index contributed by atoms with van der Waals surface area (Å²) in [6.45, 7) is 0. The lowest BCUT2D eigenvalue weighted by atomic mass is 10.1. The van der Waals surface area contributed by atoms with E-state index in [1.807, 2.05) is 0 Å². The molecule has 0 fully saturated rings. The molecule has 10 heteroatoms. The van der Waals surface area contributed by atoms with E-state index in [9.17, 15) is 18.0 Å². The Kier molecular flexibility index (Phi) is 6.81. The van der Waals surface area contributed by atoms with E-state index in [0.29, 0.717) is 22.9 Å². The monoisotopic (exact) mass is 440 g/mol. The molecule has 2 heterocycles. The van der Waals surface area contributed by atoms with Gasteiger partial charge in [-0.3, -0.25) is 9.78 Å². The van der Waals surface area contributed by atoms with Gasteiger partial charge in [-0.15, -0.1) is 0 Å². The van der Waals surface area contributed by atoms with Crippen LogP contribution in [0.3, 0.4) is 0 Å². The first-order chi connectivity index (χ1) is 13.8. The highest BCUT2D eigenvalue weighted by Gasteiger charge is 2.29. The van der Waals surface area contributed by atoms with Crippen molar-refractivity contribution in [3.8, 4) is 5.69 Å². The van der Waals surface area contributed by atoms with Crippen LogP contribution in [0.25, 0.3) is 5.69 Å². The molecule has 0 unspecified atom stereocenters. The number of nitrogens with zero attached hydrogens (tertiary/aromatic N) is 3. The first-order valence-corrected chi connectivity index (χ1v) is 10.1. The predicted octanol–water partition coefficient (Wildman–Crippen LogP) is 5.20. The fourth-order valence-electron chi connectivity index (χ4n) is 2.42. The Balaban J connectivity index is 1.45. The molecule has 29 heavy (non-hydrogen) atoms. The van der Waals surface area contributed by atoms with Crippen molar-refractivity contribution in [1.29, 1.82) is 0 Å². The molecule has 1 N–H and O–H groups in total. The highest BCUT2D eigenvalue weighted by molar-refractivity contribution is 7.98. The normalized spacial score (nSPS) is 11.4. The molecular weight excluding hydrogens is 425 g/mol. The summed E-state index contributed by atoms with van der Waals surface area (Å²) >= 11 is 7.53. The van der Waals surface area contributed by atoms with Gasteiger partial charge in [0, 0.05) is 24.1 Å². The SMILES string of the molecule is O=C(CCSCc1ccc(C(F)(F)F)cc1)Nc1cn(-c2cccnc2)nc1Cl. The summed E-state index contributed by atoms with van der Waals surface area (Å²) in [6, 6.07) is 8.58. The summed E-state index contributed by atoms with van der Waals surface area (Å²) in [4.78, 5) is 16.1. The predicted molar refractivity (Wildman–Crippen MR) is 107 cm³/mol. The fourth-order valence-corrected chi connectivity index (χ4v) is 3.50. The second-order valence-electron chi connectivity index (χ2n) is 6.03. The Bertz CT molecular complexity index is 962. The van der Waals surface area contributed by atoms with Crippen molar-refractivity contribution < 1.29 is 18.0 Å². The van der Waals surface area contributed by atoms with Crippen molar-refractivity contribution in [2.24, 2.45) is 0 Å². The fraction of sp³-hybridized carbons (Fsp3) is 0.211. The summed E-state index contributed by atoms with van der Waals surface area (Å²) < 4.78 is 39.2. The maximum atomic E-state index is 12.6. The van der Waals surface area contributed by atoms with Crippen LogP contribution < -0.4 is 5.32 Å². The number of amides is 1. The van der Waals surface area contributed by atoms with Gasteiger partial charge in [0.05, 0.1) is 29.3 Å². The first kappa shape index (κ1) is 21.2. The van der Waals surface area contributed by atoms with Gasteiger partial charge in [0.1, 0.15) is 0 Å². The summed E-state index contributed by atoms with van der Waals surface area (Å²) in [6.07, 6.45) is 0.759. The summed E-state index contributed by atoms with van der Waals surface area (Å²) in [5.41, 5.74) is 1.20. The van der Waals surface area contributed by atoms with Crippen LogP contribution in [-0.4, -0.2) is 26.4 Å². The minimum Gasteiger partial charge on any atom is -0.322 e. The summed E-state index contributed by atoms with van der Waals surface area (Å²) in [5, 5.41) is 7.01. The number of anilines is 1. The van der Waals surface area contributed by atoms with Crippen LogP contribution in [0, 0.1) is 0 Å². The molecule has 152 valence electrons. The number of alkyl halides is 3. The number of carbonyl (C=O) groups excluding carboxylic acids is 1. The number of benzene rings is 1. The molecule has 0 aliphatic carbocycles. The molecule has 1 aromatic carbocycles. The minimum absolute atomic E-state index is 0.166. The van der Waals surface area contributed by atoms with E-state index in [1.165, 1.54) is 28.6 Å². The van der Waals surface area contributed by atoms with Gasteiger partial charge in [-0.1, -0.05) is 23.7 Å². The summed E-state index contributed by atoms with van der Waals surface area (Å²) in [7, 11) is 0. The van der Waals surface area contributed by atoms with Crippen LogP contribution in [0.5, 0.6) is 0 Å². The Hall–Kier alpha value is -2.52. The number of thioether (sulfide) groups is 1. The van der Waals surface area contributed by atoms with Gasteiger partial charge < -0.3 is 5.32 Å². The van der Waals surface area contributed by atoms with Crippen molar-refractivity contribution in [3.05, 3.63) is 71.3 Å². The van der Waals surface area contributed by atoms with Gasteiger partial charge in [0.15, 0.2) is 5.15 Å². The number of hydrogen-bond acceptors (Lipinski definition) is 4. The second kappa shape index (κ2) is 9.32. The lowest BCUT2D eigenvalue weighted by Gasteiger charge is -2.07. The molecular formula is C19H16ClF3N4OS. The average Bonchev–Trinajstić information content (AvgIpc) is 3.06. The van der Waals surface area contributed by atoms with Crippen molar-refractivity contribution in [2.75, 3.05) is 11.1 Å². The first-order valence-electron chi connectivity index (χ1n) is 8.52. The Morgan fingerprint density at radius 3 is 2.62 bits per heavy atom. The Morgan fingerprint density at radius 2 is 1.97 bits per heavy atom. The van der Waals surface area contributed by atoms with Crippen LogP contribution in [0.1, 0.15) is 17.5 Å². The van der Waals surface area contributed by atoms with Gasteiger partial charge in [-0.25, -0.2) is 4.68 Å². The van der Waals surface area contributed by atoms with Crippen LogP contribution >= 0.6 is 23.4 Å². The zero-order valence-electron chi connectivity index (χ0n) is 15.0. The van der Waals surface area contributed by atoms with E-state index >= 15 is 0 Å². The number of rotatable bonds is 7. The van der Waals surface area contributed by atoms with Crippen LogP contribution in [-0.2, 0) is 16.7 Å². The van der Waals surface area contributed by atoms with Gasteiger partial charge >= 0.3 is 6.18 Å². The van der Waals surface area contributed by atoms with E-state index in [0.717, 1.165) is 17.7 Å². The summed E-state index contributed by atoms with van der Waals surface area (Å²) in [5.74, 6) is 0.810. The topological polar surface area (TPSA) is 59.8 Å². The average molecular weight is 441 g/mol. The third kappa shape index (κ3) is 5.98. The standard InChI is InChI=1S/C19H16ClF3N4OS/c20-18-16(11-27(26-18)15-2-1-8-24-10-15)25-17(28)7-9-29-12-13-3-5-14(6-4-13)19(21,22)23/h1-6,8,10-11H,7,9,12H2,(H,25,28). The number of aromatic nitrogens is 3. The van der Waals surface area contributed by atoms with E-state index < -0.39 is 11.7 Å². The number of halogens is 4. The van der Waals surface area contributed by atoms with E-state index in [2.05, 4.69) is 15.4 Å². The van der Waals surface area contributed by atoms with Crippen LogP contribution in [0.15, 0.2) is 55.0 Å². The van der Waals surface area contributed by atoms with Gasteiger partial charge in [-0.05, 0) is 29.8 Å². The van der Waals surface area contributed by atoms with Crippen molar-refractivity contribution in [2.45, 2.75) is 18.3 Å². The molecule has 0 aliphatic heterocycles. The molecule has 0 spiro atoms. The van der Waals surface area contributed by atoms with Gasteiger partial charge in [-0.2, -0.15) is 30.0 Å². The molecule has 3 rings (SSSR count). The van der Waals surface area contributed by atoms with Crippen molar-refractivity contribution in [1.82, 2.24) is 14.8 Å². The van der Waals surface area contributed by atoms with Crippen molar-refractivity contribution >= 4 is 35.0 Å². The zero-order chi connectivity index (χ0) is 20.9. The molecule has 0 bridgehead atoms. The van der Waals surface area contributed by atoms with Crippen LogP contribution in [0.2, 0.25) is 5.15 Å². The lowest BCUT2D eigenvalue weighted by Crippen LogP contribution is -2.12. The third-order valence-electron chi connectivity index (χ3n) is 3.88. The Morgan fingerprint density at radius 1 is 1.21 bits per heavy atom. The van der Waals surface area contributed by atoms with Crippen LogP contribution in [0.4, 0.5) is 18.9 Å². The second-order valence-corrected chi connectivity index (χ2v) is 7.50. The third-order valence-corrected chi connectivity index (χ3v) is 5.19. The van der Waals surface area contributed by atoms with Gasteiger partial charge in [0.2, 0.25) is 5.91 Å². The lowest BCUT2D eigenvalue weighted by molar-refractivity contribution is -0.137. The highest BCUT2D eigenvalue weighted by atomic mass is 35.5. The zero-order valence-corrected chi connectivity index (χ0v) is 16.6. The van der Waals surface area contributed by atoms with E-state index in [4.69, 9.17) is 11.6 Å². The molecule has 3 aromatic rings. The largest absolute Gasteiger partial charge is 0.416 e. The smallest absolute Gasteiger partial charge is 0.322 e. The number of carbonyl (C=O) groups is 1. The minimum atomic E-state index is -4.34. The molecule has 1 amide bonds. The molecule has 0 saturated heterocycles. The number of pyridine rings is 1. The number of hydrogen-bond donors (Lipinski definition) is 1. The van der Waals surface area contributed by atoms with E-state index in [-0.39, 0.29) is 17.5 Å².